The molecule has 2 amide bonds. The summed E-state index contributed by atoms with van der Waals surface area (Å²) in [4.78, 5) is 98.0. The predicted octanol–water partition coefficient (Wildman–Crippen LogP) is 15.4. The number of aryl methyl sites for hydroxylation is 4. The molecule has 11 rings (SSSR count). The number of thiol groups is 1. The molecule has 0 aliphatic carbocycles. The second kappa shape index (κ2) is 67.6. The molecule has 0 spiro atoms. The van der Waals surface area contributed by atoms with E-state index in [0.717, 1.165) is 94.4 Å². The normalized spacial score (nSPS) is 14.3. The standard InChI is InChI=1S/2C11H13BrN2O.C9H13BrN2O.C9H11BrN2.C8H10BrN3O3.C8H12BrN3O.C8H11N3O3.C5H3ClN2O2.C3H9NO.C2H3ClO.BHNS.2ClH.H2O4S.Sn/c2*1-7-3-4-9-5-10(12)6-13-11(9)14(7)8(2)15;1-6-3-8(10)4-11-9(6)12-7(2)5-13;1-6-2-3-7-4-8(10)5-11-9(7)12-6;1-5(4-13)11-8-7(12(14)15)2-6(9)3-10-8;1-5(4-13)12-8-7(10)2-6(9)3-11-8;1-6(5-12)10-8-7(11(13)14)3-2-4-9-8;6-5-4(8(9)10)2-1-3-7-5;1-3(4)2-5;1-2(3)4;1-2-3;;;1-5(2,3)4;/h2*5-7H,3-4H2,1-2H3;3-4,7,13H,5H2,1-2H3,(H,11,12);4-6H,2-3H2,1H3,(H,11,12);2-3,5,13H,4H2,1H3,(H,10,11);2-3,5,13H,4,10H2,1H3,(H,11,12);2-4,6,12H,5H2,1H3,(H,9,10);1-3H;3,5H,2,4H2,1H3;1H3;3H;2*1H;(H2,1,2,3,4);/q;;;;;;;;;;;;;;+2/p-2/t3*7-;6-;2*5-;6-;;3-;;;;;;/m0000000.0....../s1. The number of nitro groups is 3. The van der Waals surface area contributed by atoms with E-state index < -0.39 is 44.1 Å². The van der Waals surface area contributed by atoms with Crippen molar-refractivity contribution in [2.24, 2.45) is 10.0 Å². The molecule has 0 bridgehead atoms. The second-order valence-corrected chi connectivity index (χ2v) is 38.4. The van der Waals surface area contributed by atoms with Gasteiger partial charge in [-0.25, -0.2) is 39.9 Å². The number of aliphatic hydroxyl groups is 5. The maximum absolute atomic E-state index is 11.5. The van der Waals surface area contributed by atoms with Crippen molar-refractivity contribution in [1.82, 2.24) is 39.9 Å². The summed E-state index contributed by atoms with van der Waals surface area (Å²) in [5, 5.41) is 89.1. The molecule has 0 saturated carbocycles. The van der Waals surface area contributed by atoms with Crippen LogP contribution in [0.3, 0.4) is 0 Å². The first-order chi connectivity index (χ1) is 59.4. The van der Waals surface area contributed by atoms with E-state index in [2.05, 4.69) is 225 Å². The molecular formula is C74H101BBr6Cl4N21O18S2Sn. The van der Waals surface area contributed by atoms with Crippen LogP contribution in [0.25, 0.3) is 0 Å². The number of amides is 2. The Morgan fingerprint density at radius 1 is 0.575 bits per heavy atom. The summed E-state index contributed by atoms with van der Waals surface area (Å²) < 4.78 is 39.6. The number of carbonyl (C=O) groups is 3. The van der Waals surface area contributed by atoms with E-state index in [1.807, 2.05) is 45.2 Å². The van der Waals surface area contributed by atoms with Crippen molar-refractivity contribution in [1.29, 1.82) is 0 Å². The molecule has 53 heteroatoms. The summed E-state index contributed by atoms with van der Waals surface area (Å²) in [5.74, 6) is 4.60. The molecule has 3 aliphatic rings. The number of carbonyl (C=O) groups excluding carboxylic acids is 3. The summed E-state index contributed by atoms with van der Waals surface area (Å²) in [5.41, 5.74) is 15.6. The van der Waals surface area contributed by atoms with Crippen LogP contribution in [0.2, 0.25) is 5.15 Å². The Bertz CT molecular complexity index is 4690. The molecule has 3 aliphatic heterocycles. The van der Waals surface area contributed by atoms with E-state index in [4.69, 9.17) is 84.0 Å². The molecule has 3 radical (unpaired) electrons. The molecule has 0 aromatic carbocycles. The molecule has 699 valence electrons. The van der Waals surface area contributed by atoms with E-state index >= 15 is 0 Å². The van der Waals surface area contributed by atoms with Gasteiger partial charge in [0, 0.05) is 164 Å². The third kappa shape index (κ3) is 54.2. The van der Waals surface area contributed by atoms with Crippen LogP contribution in [0.4, 0.5) is 63.5 Å². The number of hydrogen-bond donors (Lipinski definition) is 15. The Balaban J connectivity index is 0. The third-order valence-electron chi connectivity index (χ3n) is 15.5. The van der Waals surface area contributed by atoms with Gasteiger partial charge in [0.25, 0.3) is 0 Å². The zero-order valence-corrected chi connectivity index (χ0v) is 87.6. The van der Waals surface area contributed by atoms with Crippen LogP contribution in [0, 0.1) is 37.3 Å². The Kier molecular flexibility index (Phi) is 65.3. The van der Waals surface area contributed by atoms with Crippen molar-refractivity contribution in [3.63, 3.8) is 0 Å². The van der Waals surface area contributed by atoms with Crippen LogP contribution in [-0.2, 0) is 44.0 Å². The molecule has 39 nitrogen and oxygen atoms in total. The van der Waals surface area contributed by atoms with Gasteiger partial charge in [-0.2, -0.15) is 8.42 Å². The average Bonchev–Trinajstić information content (AvgIpc) is 0.797. The number of fused-ring (bicyclic) bond motifs is 3. The van der Waals surface area contributed by atoms with Crippen molar-refractivity contribution in [3.05, 3.63) is 195 Å². The average molecular weight is 2390 g/mol. The minimum absolute atomic E-state index is 0.0346. The summed E-state index contributed by atoms with van der Waals surface area (Å²) >= 11 is 32.3. The summed E-state index contributed by atoms with van der Waals surface area (Å²) in [7, 11) is 9.54. The molecule has 16 N–H and O–H groups in total. The Morgan fingerprint density at radius 2 is 0.890 bits per heavy atom. The molecule has 8 atom stereocenters. The number of aliphatic hydroxyl groups excluding tert-OH is 5. The van der Waals surface area contributed by atoms with Gasteiger partial charge in [0.05, 0.1) is 53.5 Å². The number of nitrogen functional groups attached to an aromatic ring is 1. The Hall–Kier alpha value is -6.51. The van der Waals surface area contributed by atoms with E-state index in [-0.39, 0.29) is 126 Å². The number of halogens is 10. The fourth-order valence-electron chi connectivity index (χ4n) is 9.78. The van der Waals surface area contributed by atoms with Gasteiger partial charge in [-0.3, -0.25) is 63.6 Å². The van der Waals surface area contributed by atoms with Crippen LogP contribution >= 0.6 is 149 Å². The van der Waals surface area contributed by atoms with Crippen LogP contribution in [0.5, 0.6) is 0 Å². The predicted molar refractivity (Wildman–Crippen MR) is 524 cm³/mol. The second-order valence-electron chi connectivity index (χ2n) is 26.6. The number of nitrogens with two attached hydrogens (primary N) is 2. The number of aromatic nitrogens is 8. The van der Waals surface area contributed by atoms with Gasteiger partial charge in [0.1, 0.15) is 29.1 Å². The van der Waals surface area contributed by atoms with Gasteiger partial charge in [-0.1, -0.05) is 11.6 Å². The van der Waals surface area contributed by atoms with Gasteiger partial charge in [-0.05, 0) is 273 Å². The summed E-state index contributed by atoms with van der Waals surface area (Å²) in [6.45, 7) is 21.7. The number of anilines is 8. The van der Waals surface area contributed by atoms with Gasteiger partial charge in [-0.15, -0.1) is 0 Å². The first kappa shape index (κ1) is 123. The number of rotatable bonds is 16. The minimum atomic E-state index is -4.67. The first-order valence-corrected chi connectivity index (χ1v) is 51.7. The zero-order valence-electron chi connectivity index (χ0n) is 70.5. The van der Waals surface area contributed by atoms with Crippen molar-refractivity contribution < 1.29 is 72.2 Å². The summed E-state index contributed by atoms with van der Waals surface area (Å²) in [6.07, 6.45) is 19.4. The van der Waals surface area contributed by atoms with Crippen molar-refractivity contribution >= 4 is 267 Å². The Labute approximate surface area is 821 Å². The summed E-state index contributed by atoms with van der Waals surface area (Å²) in [6, 6.07) is 17.4. The van der Waals surface area contributed by atoms with Crippen molar-refractivity contribution in [2.45, 2.75) is 170 Å². The van der Waals surface area contributed by atoms with Gasteiger partial charge in [0.2, 0.25) is 33.8 Å². The molecule has 8 aromatic rings. The fraction of sp³-hybridized carbons (Fsp3) is 0.419. The van der Waals surface area contributed by atoms with E-state index in [1.54, 1.807) is 75.3 Å². The SMILES string of the molecule is CC(=O)Cl.CC(=O)N1c2ncc(Br)cc2CC[C@@H]1C.CC(=O)N1c2ncc(Br)cc2CC[C@@H]1C.C[C@@H](CO)Nc1ncc(Br)cc1N.C[C@@H](CO)Nc1ncc(Br)cc1[N+](=O)[O-].C[C@@H](CO)Nc1ncccc1[N+](=O)[O-].C[C@H](N)CO.C[C@H]1CCc2cc(Br)cnc2N1.Cc1cc(Br)cnc1N[C@@H](C)CO.O=S(=O)(O)O.O=[N+]([O-])c1cccnc1Cl.[B]=NS.[Cl][Sn][Cl]. The van der Waals surface area contributed by atoms with Gasteiger partial charge < -0.3 is 63.6 Å². The Morgan fingerprint density at radius 3 is 1.25 bits per heavy atom. The van der Waals surface area contributed by atoms with Crippen LogP contribution in [0.15, 0.2) is 141 Å². The molecule has 127 heavy (non-hydrogen) atoms. The monoisotopic (exact) mass is 2380 g/mol. The molecule has 0 fully saturated rings. The third-order valence-corrected chi connectivity index (χ3v) is 18.3. The molecule has 0 unspecified atom stereocenters. The number of hydrogen-bond acceptors (Lipinski definition) is 33. The van der Waals surface area contributed by atoms with E-state index in [9.17, 15) is 44.7 Å². The van der Waals surface area contributed by atoms with Gasteiger partial charge in [0.15, 0.2) is 0 Å². The quantitative estimate of drug-likeness (QED) is 0.00812. The fourth-order valence-corrected chi connectivity index (χ4v) is 12.2. The van der Waals surface area contributed by atoms with Gasteiger partial charge >= 0.3 is 88.9 Å². The van der Waals surface area contributed by atoms with E-state index in [1.165, 1.54) is 67.8 Å². The van der Waals surface area contributed by atoms with Crippen LogP contribution in [-0.4, -0.2) is 223 Å². The number of pyridine rings is 8. The van der Waals surface area contributed by atoms with E-state index in [0.29, 0.717) is 22.0 Å². The molecule has 11 heterocycles. The molecule has 0 saturated heterocycles. The van der Waals surface area contributed by atoms with Crippen LogP contribution in [0.1, 0.15) is 118 Å². The topological polar surface area (TPSA) is 591 Å². The maximum atomic E-state index is 11.5. The van der Waals surface area contributed by atoms with Crippen molar-refractivity contribution in [3.8, 4) is 0 Å². The van der Waals surface area contributed by atoms with Crippen molar-refractivity contribution in [2.75, 3.05) is 75.2 Å². The first-order valence-electron chi connectivity index (χ1n) is 37.1. The molecular weight excluding hydrogens is 2290 g/mol. The zero-order chi connectivity index (χ0) is 97.6. The van der Waals surface area contributed by atoms with Crippen LogP contribution < -0.4 is 47.9 Å². The molecule has 8 aromatic heterocycles. The number of nitrogens with zero attached hydrogens (tertiary/aromatic N) is 14. The number of nitrogens with one attached hydrogen (secondary N) is 5.